The van der Waals surface area contributed by atoms with Crippen LogP contribution in [0.5, 0.6) is 0 Å². The van der Waals surface area contributed by atoms with Gasteiger partial charge in [0.2, 0.25) is 0 Å². The fourth-order valence-corrected chi connectivity index (χ4v) is 2.99. The minimum absolute atomic E-state index is 0.542. The zero-order chi connectivity index (χ0) is 13.2. The Morgan fingerprint density at radius 3 is 2.89 bits per heavy atom. The summed E-state index contributed by atoms with van der Waals surface area (Å²) in [5, 5.41) is 3.31. The molecule has 0 aliphatic rings. The van der Waals surface area contributed by atoms with Gasteiger partial charge in [-0.2, -0.15) is 0 Å². The molecule has 3 aromatic rings. The lowest BCUT2D eigenvalue weighted by atomic mass is 10.1. The van der Waals surface area contributed by atoms with Crippen LogP contribution in [-0.4, -0.2) is 15.0 Å². The number of hydrogen-bond donors (Lipinski definition) is 1. The van der Waals surface area contributed by atoms with Crippen LogP contribution < -0.4 is 0 Å². The number of imidazole rings is 1. The van der Waals surface area contributed by atoms with Crippen LogP contribution in [0.25, 0.3) is 11.0 Å². The molecule has 1 N–H and O–H groups in total. The van der Waals surface area contributed by atoms with Crippen LogP contribution in [0.2, 0.25) is 0 Å². The molecule has 0 amide bonds. The minimum Gasteiger partial charge on any atom is -0.342 e. The van der Waals surface area contributed by atoms with Gasteiger partial charge in [0.15, 0.2) is 0 Å². The van der Waals surface area contributed by atoms with Gasteiger partial charge in [-0.25, -0.2) is 9.97 Å². The lowest BCUT2D eigenvalue weighted by Crippen LogP contribution is -1.94. The molecule has 19 heavy (non-hydrogen) atoms. The molecule has 0 bridgehead atoms. The van der Waals surface area contributed by atoms with Crippen molar-refractivity contribution in [1.82, 2.24) is 15.0 Å². The lowest BCUT2D eigenvalue weighted by molar-refractivity contribution is 0.710. The largest absolute Gasteiger partial charge is 0.342 e. The van der Waals surface area contributed by atoms with E-state index in [-0.39, 0.29) is 0 Å². The summed E-state index contributed by atoms with van der Waals surface area (Å²) in [5.74, 6) is 1.53. The Labute approximate surface area is 116 Å². The number of aromatic amines is 1. The molecule has 1 unspecified atom stereocenters. The Hall–Kier alpha value is -1.68. The third kappa shape index (κ3) is 2.54. The van der Waals surface area contributed by atoms with Crippen LogP contribution in [0, 0.1) is 0 Å². The molecular weight excluding hydrogens is 254 g/mol. The second-order valence-electron chi connectivity index (χ2n) is 4.85. The van der Waals surface area contributed by atoms with Crippen molar-refractivity contribution in [1.29, 1.82) is 0 Å². The van der Waals surface area contributed by atoms with Crippen LogP contribution in [0.15, 0.2) is 29.6 Å². The summed E-state index contributed by atoms with van der Waals surface area (Å²) in [6.45, 7) is 4.42. The van der Waals surface area contributed by atoms with Crippen molar-refractivity contribution < 1.29 is 0 Å². The summed E-state index contributed by atoms with van der Waals surface area (Å²) in [5.41, 5.74) is 3.33. The van der Waals surface area contributed by atoms with Gasteiger partial charge >= 0.3 is 0 Å². The molecule has 2 aromatic heterocycles. The summed E-state index contributed by atoms with van der Waals surface area (Å²) >= 11 is 1.73. The highest BCUT2D eigenvalue weighted by molar-refractivity contribution is 7.09. The molecule has 3 rings (SSSR count). The topological polar surface area (TPSA) is 41.6 Å². The van der Waals surface area contributed by atoms with Crippen molar-refractivity contribution in [3.8, 4) is 0 Å². The zero-order valence-corrected chi connectivity index (χ0v) is 12.0. The fraction of sp³-hybridized carbons (Fsp3) is 0.333. The number of para-hydroxylation sites is 2. The average molecular weight is 271 g/mol. The predicted octanol–water partition coefficient (Wildman–Crippen LogP) is 4.12. The van der Waals surface area contributed by atoms with Gasteiger partial charge in [0.05, 0.1) is 23.1 Å². The van der Waals surface area contributed by atoms with E-state index in [2.05, 4.69) is 35.3 Å². The van der Waals surface area contributed by atoms with Crippen molar-refractivity contribution in [2.45, 2.75) is 32.6 Å². The Balaban J connectivity index is 1.82. The third-order valence-electron chi connectivity index (χ3n) is 3.44. The van der Waals surface area contributed by atoms with Crippen molar-refractivity contribution in [3.05, 3.63) is 46.2 Å². The van der Waals surface area contributed by atoms with E-state index in [1.54, 1.807) is 11.3 Å². The van der Waals surface area contributed by atoms with E-state index in [1.165, 1.54) is 5.69 Å². The zero-order valence-electron chi connectivity index (χ0n) is 11.2. The summed E-state index contributed by atoms with van der Waals surface area (Å²) in [4.78, 5) is 12.7. The fourth-order valence-electron chi connectivity index (χ4n) is 2.07. The second-order valence-corrected chi connectivity index (χ2v) is 5.80. The van der Waals surface area contributed by atoms with E-state index in [0.29, 0.717) is 5.92 Å². The predicted molar refractivity (Wildman–Crippen MR) is 79.7 cm³/mol. The van der Waals surface area contributed by atoms with Gasteiger partial charge < -0.3 is 4.98 Å². The summed E-state index contributed by atoms with van der Waals surface area (Å²) < 4.78 is 0. The van der Waals surface area contributed by atoms with Crippen molar-refractivity contribution in [2.24, 2.45) is 0 Å². The third-order valence-corrected chi connectivity index (χ3v) is 4.31. The molecule has 4 heteroatoms. The van der Waals surface area contributed by atoms with Crippen LogP contribution in [0.3, 0.4) is 0 Å². The highest BCUT2D eigenvalue weighted by atomic mass is 32.1. The minimum atomic E-state index is 0.542. The van der Waals surface area contributed by atoms with Crippen molar-refractivity contribution >= 4 is 22.4 Å². The molecule has 2 heterocycles. The Morgan fingerprint density at radius 1 is 1.26 bits per heavy atom. The summed E-state index contributed by atoms with van der Waals surface area (Å²) in [6, 6.07) is 8.12. The normalized spacial score (nSPS) is 12.9. The number of thiazole rings is 1. The Bertz CT molecular complexity index is 650. The van der Waals surface area contributed by atoms with E-state index < -0.39 is 0 Å². The molecular formula is C15H17N3S. The van der Waals surface area contributed by atoms with Crippen LogP contribution in [0.1, 0.15) is 42.7 Å². The van der Waals surface area contributed by atoms with Crippen molar-refractivity contribution in [2.75, 3.05) is 0 Å². The Morgan fingerprint density at radius 2 is 2.11 bits per heavy atom. The molecule has 0 aliphatic heterocycles. The van der Waals surface area contributed by atoms with Gasteiger partial charge in [-0.1, -0.05) is 26.0 Å². The van der Waals surface area contributed by atoms with Gasteiger partial charge in [-0.15, -0.1) is 11.3 Å². The first-order chi connectivity index (χ1) is 9.26. The molecule has 0 saturated heterocycles. The summed E-state index contributed by atoms with van der Waals surface area (Å²) in [7, 11) is 0. The number of nitrogens with one attached hydrogen (secondary N) is 1. The van der Waals surface area contributed by atoms with E-state index in [1.807, 2.05) is 18.2 Å². The summed E-state index contributed by atoms with van der Waals surface area (Å²) in [6.07, 6.45) is 1.92. The smallest absolute Gasteiger partial charge is 0.114 e. The molecule has 0 saturated carbocycles. The van der Waals surface area contributed by atoms with E-state index in [0.717, 1.165) is 34.7 Å². The van der Waals surface area contributed by atoms with Crippen LogP contribution in [0.4, 0.5) is 0 Å². The molecule has 98 valence electrons. The second kappa shape index (κ2) is 5.13. The first-order valence-electron chi connectivity index (χ1n) is 6.64. The molecule has 0 spiro atoms. The number of fused-ring (bicyclic) bond motifs is 1. The number of aromatic nitrogens is 3. The lowest BCUT2D eigenvalue weighted by Gasteiger charge is -2.02. The average Bonchev–Trinajstić information content (AvgIpc) is 3.04. The SMILES string of the molecule is CCC(C)c1csc(Cc2nc3ccccc3[nH]2)n1. The van der Waals surface area contributed by atoms with Gasteiger partial charge in [-0.05, 0) is 24.5 Å². The quantitative estimate of drug-likeness (QED) is 0.775. The van der Waals surface area contributed by atoms with E-state index >= 15 is 0 Å². The van der Waals surface area contributed by atoms with E-state index in [9.17, 15) is 0 Å². The molecule has 1 atom stereocenters. The molecule has 3 nitrogen and oxygen atoms in total. The molecule has 0 fully saturated rings. The number of H-pyrrole nitrogens is 1. The number of hydrogen-bond acceptors (Lipinski definition) is 3. The maximum absolute atomic E-state index is 4.70. The maximum Gasteiger partial charge on any atom is 0.114 e. The highest BCUT2D eigenvalue weighted by Crippen LogP contribution is 2.22. The van der Waals surface area contributed by atoms with Gasteiger partial charge in [0.25, 0.3) is 0 Å². The molecule has 1 aromatic carbocycles. The number of rotatable bonds is 4. The van der Waals surface area contributed by atoms with Gasteiger partial charge in [0, 0.05) is 5.38 Å². The standard InChI is InChI=1S/C15H17N3S/c1-3-10(2)13-9-19-15(18-13)8-14-16-11-6-4-5-7-12(11)17-14/h4-7,9-10H,3,8H2,1-2H3,(H,16,17). The van der Waals surface area contributed by atoms with Crippen LogP contribution >= 0.6 is 11.3 Å². The first kappa shape index (κ1) is 12.4. The first-order valence-corrected chi connectivity index (χ1v) is 7.52. The monoisotopic (exact) mass is 271 g/mol. The number of benzene rings is 1. The number of nitrogens with zero attached hydrogens (tertiary/aromatic N) is 2. The Kier molecular flexibility index (Phi) is 3.34. The molecule has 0 radical (unpaired) electrons. The van der Waals surface area contributed by atoms with Gasteiger partial charge in [0.1, 0.15) is 10.8 Å². The highest BCUT2D eigenvalue weighted by Gasteiger charge is 2.10. The maximum atomic E-state index is 4.70. The van der Waals surface area contributed by atoms with Crippen LogP contribution in [-0.2, 0) is 6.42 Å². The van der Waals surface area contributed by atoms with Crippen molar-refractivity contribution in [3.63, 3.8) is 0 Å². The van der Waals surface area contributed by atoms with Gasteiger partial charge in [-0.3, -0.25) is 0 Å². The van der Waals surface area contributed by atoms with E-state index in [4.69, 9.17) is 4.98 Å². The molecule has 0 aliphatic carbocycles.